The molecule has 0 spiro atoms. The second kappa shape index (κ2) is 8.20. The number of benzene rings is 1. The van der Waals surface area contributed by atoms with Crippen molar-refractivity contribution in [3.05, 3.63) is 24.3 Å². The first-order chi connectivity index (χ1) is 12.2. The molecule has 1 unspecified atom stereocenters. The highest BCUT2D eigenvalue weighted by Gasteiger charge is 2.30. The van der Waals surface area contributed by atoms with Crippen LogP contribution in [0, 0.1) is 0 Å². The van der Waals surface area contributed by atoms with Gasteiger partial charge in [-0.25, -0.2) is 9.59 Å². The van der Waals surface area contributed by atoms with E-state index in [0.717, 1.165) is 18.6 Å². The third kappa shape index (κ3) is 4.63. The van der Waals surface area contributed by atoms with E-state index >= 15 is 0 Å². The summed E-state index contributed by atoms with van der Waals surface area (Å²) in [5.74, 6) is 0.295. The van der Waals surface area contributed by atoms with Gasteiger partial charge in [0, 0.05) is 18.3 Å². The monoisotopic (exact) mass is 348 g/mol. The third-order valence-corrected chi connectivity index (χ3v) is 4.51. The minimum Gasteiger partial charge on any atom is -0.490 e. The maximum Gasteiger partial charge on any atom is 0.336 e. The lowest BCUT2D eigenvalue weighted by Crippen LogP contribution is -2.50. The number of carbonyl (C=O) groups is 2. The molecule has 136 valence electrons. The molecule has 1 heterocycles. The van der Waals surface area contributed by atoms with E-state index in [4.69, 9.17) is 9.47 Å². The molecule has 25 heavy (non-hydrogen) atoms. The number of methoxy groups -OCH3 is 1. The molecule has 2 aliphatic rings. The van der Waals surface area contributed by atoms with Gasteiger partial charge >= 0.3 is 12.0 Å². The Morgan fingerprint density at radius 3 is 2.84 bits per heavy atom. The number of ether oxygens (including phenoxy) is 3. The molecule has 7 heteroatoms. The Balaban J connectivity index is 1.57. The number of hydrogen-bond acceptors (Lipinski definition) is 5. The Kier molecular flexibility index (Phi) is 5.75. The van der Waals surface area contributed by atoms with Crippen LogP contribution in [-0.4, -0.2) is 55.9 Å². The molecule has 1 aliphatic heterocycles. The van der Waals surface area contributed by atoms with Gasteiger partial charge in [-0.1, -0.05) is 6.07 Å². The quantitative estimate of drug-likeness (QED) is 0.846. The Morgan fingerprint density at radius 2 is 2.08 bits per heavy atom. The Hall–Kier alpha value is -2.28. The zero-order chi connectivity index (χ0) is 17.6. The summed E-state index contributed by atoms with van der Waals surface area (Å²) in [5, 5.41) is 2.85. The zero-order valence-corrected chi connectivity index (χ0v) is 14.4. The molecule has 3 rings (SSSR count). The van der Waals surface area contributed by atoms with E-state index in [9.17, 15) is 9.59 Å². The number of nitrogens with zero attached hydrogens (tertiary/aromatic N) is 1. The van der Waals surface area contributed by atoms with Crippen LogP contribution < -0.4 is 10.1 Å². The molecule has 2 fully saturated rings. The third-order valence-electron chi connectivity index (χ3n) is 4.51. The summed E-state index contributed by atoms with van der Waals surface area (Å²) in [5.41, 5.74) is 0.668. The van der Waals surface area contributed by atoms with Crippen molar-refractivity contribution >= 4 is 17.7 Å². The van der Waals surface area contributed by atoms with Gasteiger partial charge in [0.2, 0.25) is 0 Å². The second-order valence-corrected chi connectivity index (χ2v) is 6.31. The number of hydrogen-bond donors (Lipinski definition) is 1. The van der Waals surface area contributed by atoms with Crippen molar-refractivity contribution in [1.82, 2.24) is 4.90 Å². The number of nitrogens with one attached hydrogen (secondary N) is 1. The minimum absolute atomic E-state index is 0.177. The molecular weight excluding hydrogens is 324 g/mol. The number of amides is 2. The molecule has 1 N–H and O–H groups in total. The van der Waals surface area contributed by atoms with Crippen LogP contribution in [-0.2, 0) is 14.3 Å². The Morgan fingerprint density at radius 1 is 1.28 bits per heavy atom. The van der Waals surface area contributed by atoms with Gasteiger partial charge in [0.05, 0.1) is 26.4 Å². The molecule has 0 bridgehead atoms. The van der Waals surface area contributed by atoms with Crippen LogP contribution >= 0.6 is 0 Å². The summed E-state index contributed by atoms with van der Waals surface area (Å²) in [6.07, 6.45) is 4.12. The lowest BCUT2D eigenvalue weighted by Gasteiger charge is -2.31. The van der Waals surface area contributed by atoms with Crippen LogP contribution in [0.15, 0.2) is 24.3 Å². The highest BCUT2D eigenvalue weighted by Crippen LogP contribution is 2.26. The SMILES string of the molecule is COC(=O)C1CN(C(=O)Nc2cccc(OC3CCCC3)c2)CCO1. The van der Waals surface area contributed by atoms with Gasteiger partial charge in [0.1, 0.15) is 5.75 Å². The molecule has 1 atom stereocenters. The highest BCUT2D eigenvalue weighted by atomic mass is 16.6. The summed E-state index contributed by atoms with van der Waals surface area (Å²) in [6, 6.07) is 7.13. The summed E-state index contributed by atoms with van der Waals surface area (Å²) < 4.78 is 16.0. The number of rotatable bonds is 4. The lowest BCUT2D eigenvalue weighted by molar-refractivity contribution is -0.158. The number of morpholine rings is 1. The molecule has 1 aliphatic carbocycles. The van der Waals surface area contributed by atoms with E-state index in [1.807, 2.05) is 24.3 Å². The van der Waals surface area contributed by atoms with E-state index < -0.39 is 12.1 Å². The van der Waals surface area contributed by atoms with E-state index in [0.29, 0.717) is 18.8 Å². The number of anilines is 1. The average molecular weight is 348 g/mol. The van der Waals surface area contributed by atoms with Gasteiger partial charge in [-0.3, -0.25) is 0 Å². The van der Waals surface area contributed by atoms with Crippen molar-refractivity contribution in [3.8, 4) is 5.75 Å². The summed E-state index contributed by atoms with van der Waals surface area (Å²) in [7, 11) is 1.31. The van der Waals surface area contributed by atoms with Crippen LogP contribution in [0.1, 0.15) is 25.7 Å². The first-order valence-corrected chi connectivity index (χ1v) is 8.68. The van der Waals surface area contributed by atoms with Crippen molar-refractivity contribution in [2.75, 3.05) is 32.1 Å². The fourth-order valence-electron chi connectivity index (χ4n) is 3.16. The highest BCUT2D eigenvalue weighted by molar-refractivity contribution is 5.90. The Bertz CT molecular complexity index is 615. The van der Waals surface area contributed by atoms with Gasteiger partial charge in [0.15, 0.2) is 6.10 Å². The molecule has 1 saturated carbocycles. The second-order valence-electron chi connectivity index (χ2n) is 6.31. The van der Waals surface area contributed by atoms with E-state index in [2.05, 4.69) is 10.1 Å². The van der Waals surface area contributed by atoms with Crippen molar-refractivity contribution in [2.45, 2.75) is 37.9 Å². The first kappa shape index (κ1) is 17.5. The maximum absolute atomic E-state index is 12.4. The normalized spacial score (nSPS) is 21.0. The van der Waals surface area contributed by atoms with Crippen molar-refractivity contribution in [2.24, 2.45) is 0 Å². The number of carbonyl (C=O) groups excluding carboxylic acids is 2. The predicted octanol–water partition coefficient (Wildman–Crippen LogP) is 2.41. The fourth-order valence-corrected chi connectivity index (χ4v) is 3.16. The van der Waals surface area contributed by atoms with Gasteiger partial charge in [-0.05, 0) is 37.8 Å². The number of urea groups is 1. The van der Waals surface area contributed by atoms with Gasteiger partial charge in [-0.15, -0.1) is 0 Å². The van der Waals surface area contributed by atoms with Crippen molar-refractivity contribution < 1.29 is 23.8 Å². The maximum atomic E-state index is 12.4. The van der Waals surface area contributed by atoms with E-state index in [1.54, 1.807) is 4.90 Å². The van der Waals surface area contributed by atoms with Crippen molar-refractivity contribution in [1.29, 1.82) is 0 Å². The van der Waals surface area contributed by atoms with Gasteiger partial charge in [-0.2, -0.15) is 0 Å². The van der Waals surface area contributed by atoms with Crippen LogP contribution in [0.25, 0.3) is 0 Å². The van der Waals surface area contributed by atoms with Gasteiger partial charge in [0.25, 0.3) is 0 Å². The summed E-state index contributed by atoms with van der Waals surface area (Å²) >= 11 is 0. The van der Waals surface area contributed by atoms with Gasteiger partial charge < -0.3 is 24.4 Å². The van der Waals surface area contributed by atoms with Crippen LogP contribution in [0.3, 0.4) is 0 Å². The molecule has 1 aromatic rings. The predicted molar refractivity (Wildman–Crippen MR) is 91.7 cm³/mol. The molecule has 1 saturated heterocycles. The zero-order valence-electron chi connectivity index (χ0n) is 14.4. The van der Waals surface area contributed by atoms with Crippen LogP contribution in [0.2, 0.25) is 0 Å². The Labute approximate surface area is 147 Å². The average Bonchev–Trinajstić information content (AvgIpc) is 3.14. The summed E-state index contributed by atoms with van der Waals surface area (Å²) in [6.45, 7) is 0.909. The summed E-state index contributed by atoms with van der Waals surface area (Å²) in [4.78, 5) is 25.6. The number of esters is 1. The molecule has 7 nitrogen and oxygen atoms in total. The van der Waals surface area contributed by atoms with E-state index in [-0.39, 0.29) is 18.7 Å². The molecule has 0 aromatic heterocycles. The minimum atomic E-state index is -0.735. The lowest BCUT2D eigenvalue weighted by atomic mass is 10.2. The largest absolute Gasteiger partial charge is 0.490 e. The topological polar surface area (TPSA) is 77.1 Å². The van der Waals surface area contributed by atoms with Crippen LogP contribution in [0.4, 0.5) is 10.5 Å². The fraction of sp³-hybridized carbons (Fsp3) is 0.556. The first-order valence-electron chi connectivity index (χ1n) is 8.68. The molecule has 2 amide bonds. The molecular formula is C18H24N2O5. The standard InChI is InChI=1S/C18H24N2O5/c1-23-17(21)16-12-20(9-10-24-16)18(22)19-13-5-4-8-15(11-13)25-14-6-2-3-7-14/h4-5,8,11,14,16H,2-3,6-7,9-10,12H2,1H3,(H,19,22). The molecule has 0 radical (unpaired) electrons. The van der Waals surface area contributed by atoms with Crippen molar-refractivity contribution in [3.63, 3.8) is 0 Å². The molecule has 1 aromatic carbocycles. The smallest absolute Gasteiger partial charge is 0.336 e. The van der Waals surface area contributed by atoms with E-state index in [1.165, 1.54) is 20.0 Å². The van der Waals surface area contributed by atoms with Crippen LogP contribution in [0.5, 0.6) is 5.75 Å².